The van der Waals surface area contributed by atoms with Crippen molar-refractivity contribution in [1.82, 2.24) is 5.32 Å². The molecule has 0 aromatic heterocycles. The van der Waals surface area contributed by atoms with Gasteiger partial charge in [0.05, 0.1) is 39.9 Å². The zero-order valence-corrected chi connectivity index (χ0v) is 23.5. The van der Waals surface area contributed by atoms with Gasteiger partial charge in [-0.1, -0.05) is 84.5 Å². The van der Waals surface area contributed by atoms with Crippen molar-refractivity contribution in [3.05, 3.63) is 0 Å². The zero-order chi connectivity index (χ0) is 25.9. The molecule has 8 nitrogen and oxygen atoms in total. The van der Waals surface area contributed by atoms with E-state index >= 15 is 0 Å². The Balaban J connectivity index is 4.57. The van der Waals surface area contributed by atoms with Crippen molar-refractivity contribution >= 4 is 13.7 Å². The van der Waals surface area contributed by atoms with Gasteiger partial charge in [0, 0.05) is 6.42 Å². The molecular formula is C25H53N2O6P. The number of phosphoric ester groups is 1. The second-order valence-electron chi connectivity index (χ2n) is 10.4. The van der Waals surface area contributed by atoms with Crippen LogP contribution in [0.25, 0.3) is 0 Å². The van der Waals surface area contributed by atoms with Gasteiger partial charge in [-0.3, -0.25) is 9.36 Å². The van der Waals surface area contributed by atoms with E-state index in [2.05, 4.69) is 19.2 Å². The van der Waals surface area contributed by atoms with Crippen LogP contribution in [0.1, 0.15) is 104 Å². The molecule has 0 bridgehead atoms. The molecule has 3 unspecified atom stereocenters. The number of hydrogen-bond acceptors (Lipinski definition) is 6. The number of carbonyl (C=O) groups excluding carboxylic acids is 1. The van der Waals surface area contributed by atoms with Crippen LogP contribution in [0.3, 0.4) is 0 Å². The van der Waals surface area contributed by atoms with Crippen LogP contribution in [-0.4, -0.2) is 68.5 Å². The minimum Gasteiger partial charge on any atom is -0.756 e. The fourth-order valence-electron chi connectivity index (χ4n) is 3.56. The number of carbonyl (C=O) groups is 1. The molecule has 0 radical (unpaired) electrons. The fourth-order valence-corrected chi connectivity index (χ4v) is 4.29. The number of aliphatic hydroxyl groups excluding tert-OH is 1. The van der Waals surface area contributed by atoms with Crippen molar-refractivity contribution in [2.75, 3.05) is 40.9 Å². The predicted octanol–water partition coefficient (Wildman–Crippen LogP) is 4.54. The highest BCUT2D eigenvalue weighted by Crippen LogP contribution is 2.38. The molecule has 0 aromatic carbocycles. The van der Waals surface area contributed by atoms with Crippen LogP contribution >= 0.6 is 7.82 Å². The van der Waals surface area contributed by atoms with Crippen molar-refractivity contribution < 1.29 is 32.9 Å². The number of phosphoric acid groups is 1. The molecule has 0 aromatic rings. The van der Waals surface area contributed by atoms with E-state index in [0.717, 1.165) is 44.9 Å². The number of unbranched alkanes of at least 4 members (excludes halogenated alkanes) is 10. The lowest BCUT2D eigenvalue weighted by Gasteiger charge is -2.30. The summed E-state index contributed by atoms with van der Waals surface area (Å²) in [4.78, 5) is 24.6. The Kier molecular flexibility index (Phi) is 19.4. The lowest BCUT2D eigenvalue weighted by atomic mass is 10.0. The van der Waals surface area contributed by atoms with Gasteiger partial charge in [0.25, 0.3) is 7.82 Å². The van der Waals surface area contributed by atoms with Crippen molar-refractivity contribution in [2.45, 2.75) is 116 Å². The maximum atomic E-state index is 12.5. The van der Waals surface area contributed by atoms with E-state index in [-0.39, 0.29) is 19.1 Å². The minimum absolute atomic E-state index is 0.0132. The molecule has 9 heteroatoms. The summed E-state index contributed by atoms with van der Waals surface area (Å²) in [6, 6.07) is -0.785. The second-order valence-corrected chi connectivity index (χ2v) is 11.8. The van der Waals surface area contributed by atoms with Gasteiger partial charge in [0.1, 0.15) is 13.2 Å². The van der Waals surface area contributed by atoms with Crippen LogP contribution < -0.4 is 10.2 Å². The molecule has 0 saturated heterocycles. The van der Waals surface area contributed by atoms with Gasteiger partial charge in [-0.25, -0.2) is 0 Å². The normalized spacial score (nSPS) is 15.6. The van der Waals surface area contributed by atoms with Crippen molar-refractivity contribution in [2.24, 2.45) is 0 Å². The van der Waals surface area contributed by atoms with Crippen LogP contribution in [-0.2, 0) is 18.4 Å². The van der Waals surface area contributed by atoms with Gasteiger partial charge in [0.2, 0.25) is 5.91 Å². The third-order valence-corrected chi connectivity index (χ3v) is 6.81. The molecule has 0 aliphatic carbocycles. The lowest BCUT2D eigenvalue weighted by Crippen LogP contribution is -2.46. The highest BCUT2D eigenvalue weighted by atomic mass is 31.2. The molecule has 3 atom stereocenters. The first kappa shape index (κ1) is 33.5. The van der Waals surface area contributed by atoms with Gasteiger partial charge in [0.15, 0.2) is 0 Å². The highest BCUT2D eigenvalue weighted by molar-refractivity contribution is 7.45. The maximum Gasteiger partial charge on any atom is 0.268 e. The molecule has 0 rings (SSSR count). The topological polar surface area (TPSA) is 108 Å². The fraction of sp³-hybridized carbons (Fsp3) is 0.960. The molecule has 2 N–H and O–H groups in total. The molecule has 204 valence electrons. The Morgan fingerprint density at radius 3 is 2.00 bits per heavy atom. The summed E-state index contributed by atoms with van der Waals surface area (Å²) in [5, 5.41) is 13.4. The number of likely N-dealkylation sites (N-methyl/N-ethyl adjacent to an activating group) is 1. The Morgan fingerprint density at radius 2 is 1.44 bits per heavy atom. The van der Waals surface area contributed by atoms with E-state index in [0.29, 0.717) is 23.9 Å². The van der Waals surface area contributed by atoms with Crippen LogP contribution in [0.15, 0.2) is 0 Å². The highest BCUT2D eigenvalue weighted by Gasteiger charge is 2.24. The van der Waals surface area contributed by atoms with Gasteiger partial charge in [-0.2, -0.15) is 0 Å². The molecule has 0 saturated carbocycles. The number of rotatable bonds is 23. The number of amides is 1. The lowest BCUT2D eigenvalue weighted by molar-refractivity contribution is -0.870. The number of aliphatic hydroxyl groups is 1. The quantitative estimate of drug-likeness (QED) is 0.119. The minimum atomic E-state index is -4.52. The molecule has 0 aliphatic heterocycles. The smallest absolute Gasteiger partial charge is 0.268 e. The van der Waals surface area contributed by atoms with Crippen LogP contribution in [0.2, 0.25) is 0 Å². The molecule has 0 spiro atoms. The molecular weight excluding hydrogens is 455 g/mol. The first-order chi connectivity index (χ1) is 16.0. The molecule has 0 aliphatic rings. The van der Waals surface area contributed by atoms with Gasteiger partial charge >= 0.3 is 0 Å². The summed E-state index contributed by atoms with van der Waals surface area (Å²) in [5.74, 6) is -0.182. The van der Waals surface area contributed by atoms with Gasteiger partial charge in [-0.05, 0) is 12.8 Å². The van der Waals surface area contributed by atoms with Crippen LogP contribution in [0.5, 0.6) is 0 Å². The summed E-state index contributed by atoms with van der Waals surface area (Å²) in [7, 11) is 1.30. The first-order valence-electron chi connectivity index (χ1n) is 13.4. The summed E-state index contributed by atoms with van der Waals surface area (Å²) < 4.78 is 22.7. The van der Waals surface area contributed by atoms with E-state index in [1.807, 2.05) is 21.1 Å². The first-order valence-corrected chi connectivity index (χ1v) is 14.8. The second kappa shape index (κ2) is 19.7. The van der Waals surface area contributed by atoms with Crippen molar-refractivity contribution in [1.29, 1.82) is 0 Å². The Labute approximate surface area is 209 Å². The number of nitrogens with one attached hydrogen (secondary N) is 1. The van der Waals surface area contributed by atoms with Crippen molar-refractivity contribution in [3.8, 4) is 0 Å². The average molecular weight is 509 g/mol. The summed E-state index contributed by atoms with van der Waals surface area (Å²) >= 11 is 0. The Bertz CT molecular complexity index is 556. The monoisotopic (exact) mass is 508 g/mol. The Morgan fingerprint density at radius 1 is 0.912 bits per heavy atom. The third kappa shape index (κ3) is 20.8. The van der Waals surface area contributed by atoms with Crippen LogP contribution in [0, 0.1) is 0 Å². The molecule has 0 fully saturated rings. The van der Waals surface area contributed by atoms with E-state index in [4.69, 9.17) is 9.05 Å². The molecule has 1 amide bonds. The standard InChI is InChI=1S/C25H53N2O6P/c1-6-8-10-12-13-14-15-17-19-25(29)26-23(24(28)18-16-11-9-7-2)22-33-34(30,31)32-21-20-27(3,4)5/h23-24,28H,6-22H2,1-5H3,(H-,26,29,30,31). The average Bonchev–Trinajstić information content (AvgIpc) is 2.74. The third-order valence-electron chi connectivity index (χ3n) is 5.85. The molecule has 34 heavy (non-hydrogen) atoms. The zero-order valence-electron chi connectivity index (χ0n) is 22.6. The SMILES string of the molecule is CCCCCCCCCCC(=O)NC(COP(=O)([O-])OCC[N+](C)(C)C)C(O)CCCCCC. The largest absolute Gasteiger partial charge is 0.756 e. The Hall–Kier alpha value is -0.500. The van der Waals surface area contributed by atoms with Gasteiger partial charge < -0.3 is 28.8 Å². The predicted molar refractivity (Wildman–Crippen MR) is 136 cm³/mol. The van der Waals surface area contributed by atoms with E-state index in [1.54, 1.807) is 0 Å². The summed E-state index contributed by atoms with van der Waals surface area (Å²) in [6.45, 7) is 4.51. The van der Waals surface area contributed by atoms with E-state index < -0.39 is 20.0 Å². The molecule has 0 heterocycles. The maximum absolute atomic E-state index is 12.5. The number of hydrogen-bond donors (Lipinski definition) is 2. The van der Waals surface area contributed by atoms with Crippen molar-refractivity contribution in [3.63, 3.8) is 0 Å². The van der Waals surface area contributed by atoms with E-state index in [9.17, 15) is 19.4 Å². The van der Waals surface area contributed by atoms with Gasteiger partial charge in [-0.15, -0.1) is 0 Å². The number of quaternary nitrogens is 1. The summed E-state index contributed by atoms with van der Waals surface area (Å²) in [6.07, 6.45) is 13.1. The number of nitrogens with zero attached hydrogens (tertiary/aromatic N) is 1. The van der Waals surface area contributed by atoms with Crippen LogP contribution in [0.4, 0.5) is 0 Å². The van der Waals surface area contributed by atoms with E-state index in [1.165, 1.54) is 32.1 Å². The summed E-state index contributed by atoms with van der Waals surface area (Å²) in [5.41, 5.74) is 0.